The second kappa shape index (κ2) is 5.18. The van der Waals surface area contributed by atoms with Crippen molar-refractivity contribution in [2.75, 3.05) is 0 Å². The molecule has 1 aromatic rings. The molecule has 0 unspecified atom stereocenters. The van der Waals surface area contributed by atoms with Crippen molar-refractivity contribution in [2.45, 2.75) is 32.5 Å². The molecule has 0 bridgehead atoms. The normalized spacial score (nSPS) is 12.7. The maximum atomic E-state index is 12.2. The monoisotopic (exact) mass is 288 g/mol. The molecule has 0 radical (unpaired) electrons. The van der Waals surface area contributed by atoms with E-state index in [0.29, 0.717) is 0 Å². The van der Waals surface area contributed by atoms with Gasteiger partial charge in [-0.1, -0.05) is 26.0 Å². The Balaban J connectivity index is 3.26. The second-order valence-electron chi connectivity index (χ2n) is 3.92. The summed E-state index contributed by atoms with van der Waals surface area (Å²) in [7, 11) is 0. The Morgan fingerprint density at radius 2 is 1.42 bits per heavy atom. The third-order valence-electron chi connectivity index (χ3n) is 2.07. The molecule has 1 rings (SSSR count). The molecule has 8 heteroatoms. The average molecular weight is 288 g/mol. The van der Waals surface area contributed by atoms with Crippen LogP contribution in [-0.2, 0) is 0 Å². The summed E-state index contributed by atoms with van der Waals surface area (Å²) in [5.41, 5.74) is -0.0286. The van der Waals surface area contributed by atoms with Gasteiger partial charge in [-0.05, 0) is 12.0 Å². The van der Waals surface area contributed by atoms with Crippen LogP contribution in [0.1, 0.15) is 25.3 Å². The largest absolute Gasteiger partial charge is 0.573 e. The molecule has 0 aliphatic carbocycles. The number of para-hydroxylation sites is 1. The van der Waals surface area contributed by atoms with E-state index in [9.17, 15) is 26.3 Å². The highest BCUT2D eigenvalue weighted by Gasteiger charge is 2.37. The summed E-state index contributed by atoms with van der Waals surface area (Å²) >= 11 is 0. The molecule has 19 heavy (non-hydrogen) atoms. The Morgan fingerprint density at radius 1 is 0.895 bits per heavy atom. The molecule has 0 amide bonds. The molecule has 0 atom stereocenters. The fourth-order valence-corrected chi connectivity index (χ4v) is 1.42. The topological polar surface area (TPSA) is 18.5 Å². The SMILES string of the molecule is CC(C)c1cccc(OC(F)(F)F)c1OC(F)(F)F. The van der Waals surface area contributed by atoms with Gasteiger partial charge in [-0.2, -0.15) is 0 Å². The van der Waals surface area contributed by atoms with Crippen LogP contribution in [0.15, 0.2) is 18.2 Å². The van der Waals surface area contributed by atoms with E-state index in [1.54, 1.807) is 0 Å². The zero-order valence-corrected chi connectivity index (χ0v) is 9.89. The third kappa shape index (κ3) is 4.88. The van der Waals surface area contributed by atoms with Crippen LogP contribution in [0.5, 0.6) is 11.5 Å². The number of ether oxygens (including phenoxy) is 2. The fourth-order valence-electron chi connectivity index (χ4n) is 1.42. The van der Waals surface area contributed by atoms with E-state index in [4.69, 9.17) is 0 Å². The molecule has 0 heterocycles. The minimum absolute atomic E-state index is 0.0286. The number of halogens is 6. The van der Waals surface area contributed by atoms with Crippen LogP contribution < -0.4 is 9.47 Å². The predicted octanol–water partition coefficient (Wildman–Crippen LogP) is 4.61. The smallest absolute Gasteiger partial charge is 0.402 e. The molecule has 0 saturated heterocycles. The summed E-state index contributed by atoms with van der Waals surface area (Å²) in [5.74, 6) is -2.45. The van der Waals surface area contributed by atoms with Gasteiger partial charge in [0.05, 0.1) is 0 Å². The van der Waals surface area contributed by atoms with E-state index in [-0.39, 0.29) is 5.56 Å². The van der Waals surface area contributed by atoms with E-state index in [2.05, 4.69) is 9.47 Å². The molecule has 0 aliphatic heterocycles. The van der Waals surface area contributed by atoms with Gasteiger partial charge in [0.15, 0.2) is 11.5 Å². The summed E-state index contributed by atoms with van der Waals surface area (Å²) in [6, 6.07) is 3.18. The lowest BCUT2D eigenvalue weighted by atomic mass is 10.0. The van der Waals surface area contributed by atoms with Crippen LogP contribution in [0.25, 0.3) is 0 Å². The number of benzene rings is 1. The number of hydrogen-bond acceptors (Lipinski definition) is 2. The molecule has 108 valence electrons. The zero-order chi connectivity index (χ0) is 14.8. The maximum absolute atomic E-state index is 12.2. The van der Waals surface area contributed by atoms with Gasteiger partial charge >= 0.3 is 12.7 Å². The van der Waals surface area contributed by atoms with Crippen molar-refractivity contribution in [3.8, 4) is 11.5 Å². The van der Waals surface area contributed by atoms with Gasteiger partial charge in [-0.3, -0.25) is 0 Å². The van der Waals surface area contributed by atoms with Crippen molar-refractivity contribution < 1.29 is 35.8 Å². The highest BCUT2D eigenvalue weighted by molar-refractivity contribution is 5.48. The Morgan fingerprint density at radius 3 is 1.84 bits per heavy atom. The highest BCUT2D eigenvalue weighted by atomic mass is 19.4. The Labute approximate surface area is 104 Å². The van der Waals surface area contributed by atoms with Crippen LogP contribution in [-0.4, -0.2) is 12.7 Å². The quantitative estimate of drug-likeness (QED) is 0.756. The standard InChI is InChI=1S/C11H10F6O2/c1-6(2)7-4-3-5-8(18-10(12,13)14)9(7)19-11(15,16)17/h3-6H,1-2H3. The van der Waals surface area contributed by atoms with Crippen LogP contribution in [0.3, 0.4) is 0 Å². The minimum Gasteiger partial charge on any atom is -0.402 e. The van der Waals surface area contributed by atoms with E-state index >= 15 is 0 Å². The summed E-state index contributed by atoms with van der Waals surface area (Å²) in [5, 5.41) is 0. The van der Waals surface area contributed by atoms with E-state index in [1.165, 1.54) is 26.0 Å². The van der Waals surface area contributed by atoms with Gasteiger partial charge in [0.25, 0.3) is 0 Å². The first-order chi connectivity index (χ1) is 8.49. The van der Waals surface area contributed by atoms with E-state index < -0.39 is 30.1 Å². The van der Waals surface area contributed by atoms with Crippen molar-refractivity contribution in [3.05, 3.63) is 23.8 Å². The summed E-state index contributed by atoms with van der Waals surface area (Å²) in [4.78, 5) is 0. The van der Waals surface area contributed by atoms with Crippen molar-refractivity contribution in [2.24, 2.45) is 0 Å². The van der Waals surface area contributed by atoms with Crippen LogP contribution in [0.2, 0.25) is 0 Å². The van der Waals surface area contributed by atoms with Gasteiger partial charge in [0, 0.05) is 5.56 Å². The van der Waals surface area contributed by atoms with Crippen molar-refractivity contribution in [1.29, 1.82) is 0 Å². The first kappa shape index (κ1) is 15.5. The molecular weight excluding hydrogens is 278 g/mol. The van der Waals surface area contributed by atoms with Gasteiger partial charge in [-0.25, -0.2) is 0 Å². The van der Waals surface area contributed by atoms with Gasteiger partial charge < -0.3 is 9.47 Å². The summed E-state index contributed by atoms with van der Waals surface area (Å²) in [6.45, 7) is 3.05. The van der Waals surface area contributed by atoms with Crippen molar-refractivity contribution >= 4 is 0 Å². The first-order valence-electron chi connectivity index (χ1n) is 5.14. The molecule has 0 aromatic heterocycles. The third-order valence-corrected chi connectivity index (χ3v) is 2.07. The number of rotatable bonds is 3. The molecule has 0 aliphatic rings. The first-order valence-corrected chi connectivity index (χ1v) is 5.14. The second-order valence-corrected chi connectivity index (χ2v) is 3.92. The lowest BCUT2D eigenvalue weighted by Gasteiger charge is -2.19. The molecular formula is C11H10F6O2. The van der Waals surface area contributed by atoms with E-state index in [1.807, 2.05) is 0 Å². The van der Waals surface area contributed by atoms with Gasteiger partial charge in [0.2, 0.25) is 0 Å². The molecule has 2 nitrogen and oxygen atoms in total. The average Bonchev–Trinajstić information content (AvgIpc) is 2.15. The van der Waals surface area contributed by atoms with Crippen LogP contribution in [0, 0.1) is 0 Å². The number of alkyl halides is 6. The van der Waals surface area contributed by atoms with Gasteiger partial charge in [0.1, 0.15) is 0 Å². The van der Waals surface area contributed by atoms with Crippen molar-refractivity contribution in [3.63, 3.8) is 0 Å². The highest BCUT2D eigenvalue weighted by Crippen LogP contribution is 2.41. The summed E-state index contributed by atoms with van der Waals surface area (Å²) in [6.07, 6.45) is -10.2. The lowest BCUT2D eigenvalue weighted by Crippen LogP contribution is -2.22. The number of hydrogen-bond donors (Lipinski definition) is 0. The molecule has 0 saturated carbocycles. The molecule has 0 N–H and O–H groups in total. The molecule has 1 aromatic carbocycles. The predicted molar refractivity (Wildman–Crippen MR) is 53.9 cm³/mol. The Hall–Kier alpha value is -1.60. The van der Waals surface area contributed by atoms with Crippen LogP contribution in [0.4, 0.5) is 26.3 Å². The Bertz CT molecular complexity index is 436. The zero-order valence-electron chi connectivity index (χ0n) is 9.89. The fraction of sp³-hybridized carbons (Fsp3) is 0.455. The van der Waals surface area contributed by atoms with Crippen LogP contribution >= 0.6 is 0 Å². The molecule has 0 spiro atoms. The van der Waals surface area contributed by atoms with Gasteiger partial charge in [-0.15, -0.1) is 26.3 Å². The van der Waals surface area contributed by atoms with E-state index in [0.717, 1.165) is 6.07 Å². The Kier molecular flexibility index (Phi) is 4.21. The maximum Gasteiger partial charge on any atom is 0.573 e. The minimum atomic E-state index is -5.10. The molecule has 0 fully saturated rings. The lowest BCUT2D eigenvalue weighted by molar-refractivity contribution is -0.287. The van der Waals surface area contributed by atoms with Crippen molar-refractivity contribution in [1.82, 2.24) is 0 Å². The summed E-state index contributed by atoms with van der Waals surface area (Å²) < 4.78 is 80.3.